The molecule has 0 radical (unpaired) electrons. The molecule has 0 atom stereocenters. The maximum atomic E-state index is 13.4. The first kappa shape index (κ1) is 24.3. The van der Waals surface area contributed by atoms with Gasteiger partial charge < -0.3 is 14.2 Å². The molecule has 0 bridgehead atoms. The Bertz CT molecular complexity index is 1170. The Morgan fingerprint density at radius 3 is 2.29 bits per heavy atom. The molecule has 0 N–H and O–H groups in total. The van der Waals surface area contributed by atoms with Crippen LogP contribution in [0.3, 0.4) is 0 Å². The van der Waals surface area contributed by atoms with Crippen molar-refractivity contribution in [2.75, 3.05) is 27.9 Å². The molecule has 10 heteroatoms. The predicted molar refractivity (Wildman–Crippen MR) is 130 cm³/mol. The third kappa shape index (κ3) is 5.16. The van der Waals surface area contributed by atoms with Gasteiger partial charge in [-0.2, -0.15) is 0 Å². The number of anilines is 4. The summed E-state index contributed by atoms with van der Waals surface area (Å²) in [5.41, 5.74) is 0.398. The Labute approximate surface area is 204 Å². The van der Waals surface area contributed by atoms with Gasteiger partial charge in [0.2, 0.25) is 0 Å². The second kappa shape index (κ2) is 8.75. The molecule has 35 heavy (non-hydrogen) atoms. The van der Waals surface area contributed by atoms with Crippen molar-refractivity contribution < 1.29 is 28.6 Å². The fraction of sp³-hybridized carbons (Fsp3) is 0.440. The van der Waals surface area contributed by atoms with Crippen molar-refractivity contribution >= 4 is 41.2 Å². The third-order valence-corrected chi connectivity index (χ3v) is 5.16. The van der Waals surface area contributed by atoms with E-state index >= 15 is 0 Å². The van der Waals surface area contributed by atoms with E-state index in [0.717, 1.165) is 0 Å². The minimum absolute atomic E-state index is 0.0955. The highest BCUT2D eigenvalue weighted by molar-refractivity contribution is 6.05. The number of nitrogens with zero attached hydrogens (tertiary/aromatic N) is 4. The number of hydrogen-bond acceptors (Lipinski definition) is 7. The zero-order valence-electron chi connectivity index (χ0n) is 20.8. The number of fused-ring (bicyclic) bond motifs is 2. The Kier molecular flexibility index (Phi) is 6.08. The standard InChI is InChI=1S/C25H30N4O6/c1-24(2,3)34-22(31)28-15-16-8-7-11-26-20(16)29(23(32)35-25(4,5)6)18-10-9-17(14-19(18)28)27-12-13-33-21(27)30/h7-11,14H,12-13,15H2,1-6H3. The molecule has 4 rings (SSSR count). The molecule has 0 spiro atoms. The molecule has 0 unspecified atom stereocenters. The number of carbonyl (C=O) groups excluding carboxylic acids is 3. The molecular weight excluding hydrogens is 452 g/mol. The van der Waals surface area contributed by atoms with E-state index in [2.05, 4.69) is 4.98 Å². The van der Waals surface area contributed by atoms with Crippen LogP contribution in [0.5, 0.6) is 0 Å². The van der Waals surface area contributed by atoms with Gasteiger partial charge in [0, 0.05) is 17.4 Å². The monoisotopic (exact) mass is 482 g/mol. The highest BCUT2D eigenvalue weighted by Crippen LogP contribution is 2.43. The van der Waals surface area contributed by atoms with E-state index in [1.807, 2.05) is 0 Å². The number of cyclic esters (lactones) is 1. The van der Waals surface area contributed by atoms with E-state index in [-0.39, 0.29) is 13.2 Å². The molecule has 2 aromatic rings. The molecule has 0 saturated carbocycles. The highest BCUT2D eigenvalue weighted by atomic mass is 16.6. The fourth-order valence-electron chi connectivity index (χ4n) is 3.81. The van der Waals surface area contributed by atoms with E-state index in [4.69, 9.17) is 14.2 Å². The minimum atomic E-state index is -0.761. The van der Waals surface area contributed by atoms with E-state index < -0.39 is 29.5 Å². The summed E-state index contributed by atoms with van der Waals surface area (Å²) in [6, 6.07) is 8.57. The number of benzene rings is 1. The Morgan fingerprint density at radius 1 is 0.971 bits per heavy atom. The molecule has 1 saturated heterocycles. The topological polar surface area (TPSA) is 102 Å². The lowest BCUT2D eigenvalue weighted by atomic mass is 10.2. The van der Waals surface area contributed by atoms with Crippen molar-refractivity contribution in [2.24, 2.45) is 0 Å². The van der Waals surface area contributed by atoms with Gasteiger partial charge in [-0.05, 0) is 65.8 Å². The molecule has 1 aromatic carbocycles. The average Bonchev–Trinajstić information content (AvgIpc) is 3.10. The molecule has 0 aliphatic carbocycles. The molecule has 2 aliphatic heterocycles. The summed E-state index contributed by atoms with van der Waals surface area (Å²) in [4.78, 5) is 47.8. The number of carbonyl (C=O) groups is 3. The lowest BCUT2D eigenvalue weighted by molar-refractivity contribution is 0.0571. The SMILES string of the molecule is CC(C)(C)OC(=O)N1Cc2cccnc2N(C(=O)OC(C)(C)C)c2ccc(N3CCOC3=O)cc21. The van der Waals surface area contributed by atoms with Crippen LogP contribution in [0.4, 0.5) is 37.3 Å². The Hall–Kier alpha value is -3.82. The van der Waals surface area contributed by atoms with Crippen molar-refractivity contribution in [1.29, 1.82) is 0 Å². The van der Waals surface area contributed by atoms with Crippen LogP contribution in [0.25, 0.3) is 0 Å². The molecule has 3 heterocycles. The lowest BCUT2D eigenvalue weighted by Crippen LogP contribution is -2.37. The second-order valence-electron chi connectivity index (χ2n) is 10.3. The average molecular weight is 483 g/mol. The number of pyridine rings is 1. The number of hydrogen-bond donors (Lipinski definition) is 0. The van der Waals surface area contributed by atoms with Crippen LogP contribution in [-0.2, 0) is 20.8 Å². The maximum absolute atomic E-state index is 13.4. The van der Waals surface area contributed by atoms with E-state index in [0.29, 0.717) is 35.0 Å². The minimum Gasteiger partial charge on any atom is -0.447 e. The van der Waals surface area contributed by atoms with Gasteiger partial charge in [0.25, 0.3) is 0 Å². The fourth-order valence-corrected chi connectivity index (χ4v) is 3.81. The first-order chi connectivity index (χ1) is 16.3. The second-order valence-corrected chi connectivity index (χ2v) is 10.3. The quantitative estimate of drug-likeness (QED) is 0.504. The Balaban J connectivity index is 1.90. The molecule has 3 amide bonds. The summed E-state index contributed by atoms with van der Waals surface area (Å²) in [5.74, 6) is 0.349. The lowest BCUT2D eigenvalue weighted by Gasteiger charge is -2.30. The van der Waals surface area contributed by atoms with Crippen molar-refractivity contribution in [3.63, 3.8) is 0 Å². The van der Waals surface area contributed by atoms with E-state index in [1.54, 1.807) is 78.1 Å². The molecular formula is C25H30N4O6. The van der Waals surface area contributed by atoms with Crippen molar-refractivity contribution in [3.8, 4) is 0 Å². The first-order valence-corrected chi connectivity index (χ1v) is 11.4. The summed E-state index contributed by atoms with van der Waals surface area (Å²) in [6.45, 7) is 11.4. The number of amides is 3. The van der Waals surface area contributed by atoms with Crippen molar-refractivity contribution in [1.82, 2.24) is 4.98 Å². The molecule has 10 nitrogen and oxygen atoms in total. The largest absolute Gasteiger partial charge is 0.447 e. The van der Waals surface area contributed by atoms with Crippen LogP contribution in [0.1, 0.15) is 47.1 Å². The number of ether oxygens (including phenoxy) is 3. The van der Waals surface area contributed by atoms with E-state index in [1.165, 1.54) is 14.7 Å². The van der Waals surface area contributed by atoms with Gasteiger partial charge in [-0.15, -0.1) is 0 Å². The molecule has 1 fully saturated rings. The normalized spacial score (nSPS) is 15.7. The highest BCUT2D eigenvalue weighted by Gasteiger charge is 2.37. The zero-order valence-corrected chi connectivity index (χ0v) is 20.8. The summed E-state index contributed by atoms with van der Waals surface area (Å²) < 4.78 is 16.5. The Morgan fingerprint density at radius 2 is 1.66 bits per heavy atom. The third-order valence-electron chi connectivity index (χ3n) is 5.16. The van der Waals surface area contributed by atoms with Crippen LogP contribution in [0.2, 0.25) is 0 Å². The summed E-state index contributed by atoms with van der Waals surface area (Å²) >= 11 is 0. The van der Waals surface area contributed by atoms with Gasteiger partial charge in [0.1, 0.15) is 23.6 Å². The number of rotatable bonds is 1. The van der Waals surface area contributed by atoms with Gasteiger partial charge in [-0.25, -0.2) is 24.3 Å². The van der Waals surface area contributed by atoms with Crippen LogP contribution in [-0.4, -0.2) is 47.6 Å². The molecule has 1 aromatic heterocycles. The zero-order chi connectivity index (χ0) is 25.5. The van der Waals surface area contributed by atoms with Crippen molar-refractivity contribution in [2.45, 2.75) is 59.3 Å². The van der Waals surface area contributed by atoms with Crippen LogP contribution in [0.15, 0.2) is 36.5 Å². The van der Waals surface area contributed by atoms with Gasteiger partial charge in [0.05, 0.1) is 24.5 Å². The van der Waals surface area contributed by atoms with Gasteiger partial charge in [0.15, 0.2) is 0 Å². The summed E-state index contributed by atoms with van der Waals surface area (Å²) in [7, 11) is 0. The molecule has 2 aliphatic rings. The number of aromatic nitrogens is 1. The molecule has 186 valence electrons. The van der Waals surface area contributed by atoms with E-state index in [9.17, 15) is 14.4 Å². The van der Waals surface area contributed by atoms with Gasteiger partial charge in [-0.1, -0.05) is 6.07 Å². The predicted octanol–water partition coefficient (Wildman–Crippen LogP) is 5.37. The van der Waals surface area contributed by atoms with Gasteiger partial charge in [-0.3, -0.25) is 9.80 Å². The smallest absolute Gasteiger partial charge is 0.420 e. The maximum Gasteiger partial charge on any atom is 0.420 e. The van der Waals surface area contributed by atoms with Crippen LogP contribution in [0, 0.1) is 0 Å². The van der Waals surface area contributed by atoms with Crippen LogP contribution >= 0.6 is 0 Å². The van der Waals surface area contributed by atoms with Crippen LogP contribution < -0.4 is 14.7 Å². The van der Waals surface area contributed by atoms with Crippen molar-refractivity contribution in [3.05, 3.63) is 42.1 Å². The summed E-state index contributed by atoms with van der Waals surface area (Å²) in [6.07, 6.45) is -0.136. The van der Waals surface area contributed by atoms with Gasteiger partial charge >= 0.3 is 18.3 Å². The first-order valence-electron chi connectivity index (χ1n) is 11.4. The summed E-state index contributed by atoms with van der Waals surface area (Å²) in [5, 5.41) is 0.